The first-order valence-electron chi connectivity index (χ1n) is 12.9. The first-order chi connectivity index (χ1) is 17.0. The molecule has 4 N–H and O–H groups in total. The van der Waals surface area contributed by atoms with E-state index in [0.717, 1.165) is 25.7 Å². The second-order valence-corrected chi connectivity index (χ2v) is 9.90. The molecule has 0 saturated heterocycles. The third-order valence-electron chi connectivity index (χ3n) is 5.46. The Hall–Kier alpha value is -3.10. The molecule has 4 amide bonds. The number of ether oxygens (including phenoxy) is 1. The van der Waals surface area contributed by atoms with Crippen LogP contribution in [0.15, 0.2) is 30.3 Å². The Balaban J connectivity index is 3.38. The maximum atomic E-state index is 13.9. The van der Waals surface area contributed by atoms with Crippen LogP contribution >= 0.6 is 0 Å². The third-order valence-corrected chi connectivity index (χ3v) is 5.46. The van der Waals surface area contributed by atoms with Crippen LogP contribution in [0.1, 0.15) is 91.2 Å². The summed E-state index contributed by atoms with van der Waals surface area (Å²) in [4.78, 5) is 52.9. The Morgan fingerprint density at radius 2 is 1.64 bits per heavy atom. The van der Waals surface area contributed by atoms with E-state index < -0.39 is 35.6 Å². The van der Waals surface area contributed by atoms with E-state index in [1.807, 2.05) is 37.3 Å². The average Bonchev–Trinajstić information content (AvgIpc) is 2.80. The number of amides is 4. The molecular weight excluding hydrogens is 460 g/mol. The third kappa shape index (κ3) is 11.6. The Labute approximate surface area is 215 Å². The average molecular weight is 505 g/mol. The van der Waals surface area contributed by atoms with Gasteiger partial charge in [0.05, 0.1) is 0 Å². The fourth-order valence-corrected chi connectivity index (χ4v) is 3.69. The predicted octanol–water partition coefficient (Wildman–Crippen LogP) is 3.82. The highest BCUT2D eigenvalue weighted by Crippen LogP contribution is 2.24. The summed E-state index contributed by atoms with van der Waals surface area (Å²) in [5, 5.41) is 5.56. The lowest BCUT2D eigenvalue weighted by molar-refractivity contribution is -0.142. The summed E-state index contributed by atoms with van der Waals surface area (Å²) in [6.45, 7) is 10.1. The van der Waals surface area contributed by atoms with Crippen LogP contribution in [0.4, 0.5) is 4.79 Å². The van der Waals surface area contributed by atoms with Gasteiger partial charge in [-0.3, -0.25) is 14.4 Å². The predicted molar refractivity (Wildman–Crippen MR) is 140 cm³/mol. The largest absolute Gasteiger partial charge is 0.444 e. The van der Waals surface area contributed by atoms with Crippen LogP contribution in [-0.2, 0) is 19.1 Å². The van der Waals surface area contributed by atoms with Crippen molar-refractivity contribution in [3.8, 4) is 0 Å². The minimum absolute atomic E-state index is 0.00332. The van der Waals surface area contributed by atoms with Crippen molar-refractivity contribution in [1.82, 2.24) is 15.5 Å². The van der Waals surface area contributed by atoms with E-state index in [-0.39, 0.29) is 18.7 Å². The van der Waals surface area contributed by atoms with Crippen molar-refractivity contribution in [2.45, 2.75) is 97.2 Å². The molecule has 9 nitrogen and oxygen atoms in total. The van der Waals surface area contributed by atoms with Crippen molar-refractivity contribution in [3.63, 3.8) is 0 Å². The monoisotopic (exact) mass is 504 g/mol. The first kappa shape index (κ1) is 30.9. The molecule has 0 aliphatic carbocycles. The molecule has 0 saturated carbocycles. The molecule has 2 atom stereocenters. The zero-order chi connectivity index (χ0) is 27.1. The maximum Gasteiger partial charge on any atom is 0.408 e. The molecule has 1 aromatic rings. The quantitative estimate of drug-likeness (QED) is 0.313. The lowest BCUT2D eigenvalue weighted by Crippen LogP contribution is -2.53. The fraction of sp³-hybridized carbons (Fsp3) is 0.630. The molecule has 0 aliphatic heterocycles. The summed E-state index contributed by atoms with van der Waals surface area (Å²) in [5.74, 6) is -1.34. The number of alkyl carbamates (subject to hydrolysis) is 1. The van der Waals surface area contributed by atoms with Crippen LogP contribution in [0.3, 0.4) is 0 Å². The van der Waals surface area contributed by atoms with Gasteiger partial charge < -0.3 is 26.0 Å². The number of primary amides is 1. The topological polar surface area (TPSA) is 131 Å². The van der Waals surface area contributed by atoms with Crippen LogP contribution < -0.4 is 16.4 Å². The van der Waals surface area contributed by atoms with E-state index >= 15 is 0 Å². The van der Waals surface area contributed by atoms with E-state index in [1.165, 1.54) is 4.90 Å². The number of rotatable bonds is 15. The number of benzene rings is 1. The molecule has 0 aliphatic rings. The molecule has 2 unspecified atom stereocenters. The Bertz CT molecular complexity index is 838. The Morgan fingerprint density at radius 1 is 1.00 bits per heavy atom. The Morgan fingerprint density at radius 3 is 2.19 bits per heavy atom. The lowest BCUT2D eigenvalue weighted by atomic mass is 10.0. The van der Waals surface area contributed by atoms with Gasteiger partial charge in [-0.1, -0.05) is 63.4 Å². The van der Waals surface area contributed by atoms with Gasteiger partial charge in [-0.25, -0.2) is 4.79 Å². The molecule has 0 fully saturated rings. The summed E-state index contributed by atoms with van der Waals surface area (Å²) in [5.41, 5.74) is 5.24. The molecule has 1 rings (SSSR count). The summed E-state index contributed by atoms with van der Waals surface area (Å²) in [6, 6.07) is 7.14. The van der Waals surface area contributed by atoms with Crippen molar-refractivity contribution in [1.29, 1.82) is 0 Å². The van der Waals surface area contributed by atoms with E-state index in [0.29, 0.717) is 25.1 Å². The van der Waals surface area contributed by atoms with Crippen molar-refractivity contribution in [2.75, 3.05) is 13.1 Å². The van der Waals surface area contributed by atoms with Crippen molar-refractivity contribution in [2.24, 2.45) is 5.73 Å². The number of nitrogens with one attached hydrogen (secondary N) is 2. The Kier molecular flexibility index (Phi) is 13.6. The number of nitrogens with zero attached hydrogens (tertiary/aromatic N) is 1. The minimum Gasteiger partial charge on any atom is -0.444 e. The highest BCUT2D eigenvalue weighted by Gasteiger charge is 2.36. The maximum absolute atomic E-state index is 13.9. The fourth-order valence-electron chi connectivity index (χ4n) is 3.69. The van der Waals surface area contributed by atoms with E-state index in [2.05, 4.69) is 17.6 Å². The normalized spacial score (nSPS) is 12.8. The zero-order valence-corrected chi connectivity index (χ0v) is 22.5. The minimum atomic E-state index is -1.08. The number of carbonyl (C=O) groups is 4. The summed E-state index contributed by atoms with van der Waals surface area (Å²) >= 11 is 0. The number of carbonyl (C=O) groups excluding carboxylic acids is 4. The zero-order valence-electron chi connectivity index (χ0n) is 22.5. The molecule has 0 radical (unpaired) electrons. The van der Waals surface area contributed by atoms with E-state index in [1.54, 1.807) is 20.8 Å². The van der Waals surface area contributed by atoms with Gasteiger partial charge in [0.1, 0.15) is 17.7 Å². The molecule has 0 aromatic heterocycles. The molecule has 9 heteroatoms. The molecule has 36 heavy (non-hydrogen) atoms. The van der Waals surface area contributed by atoms with Gasteiger partial charge in [0.2, 0.25) is 17.7 Å². The smallest absolute Gasteiger partial charge is 0.408 e. The number of hydrogen-bond donors (Lipinski definition) is 3. The van der Waals surface area contributed by atoms with Crippen LogP contribution in [-0.4, -0.2) is 53.4 Å². The van der Waals surface area contributed by atoms with Gasteiger partial charge in [-0.15, -0.1) is 0 Å². The molecule has 0 bridgehead atoms. The number of unbranched alkanes of at least 4 members (excludes halogenated alkanes) is 3. The molecule has 0 heterocycles. The van der Waals surface area contributed by atoms with E-state index in [4.69, 9.17) is 10.5 Å². The summed E-state index contributed by atoms with van der Waals surface area (Å²) in [7, 11) is 0. The van der Waals surface area contributed by atoms with Crippen LogP contribution in [0.5, 0.6) is 0 Å². The van der Waals surface area contributed by atoms with E-state index in [9.17, 15) is 19.2 Å². The van der Waals surface area contributed by atoms with Crippen LogP contribution in [0.2, 0.25) is 0 Å². The van der Waals surface area contributed by atoms with Gasteiger partial charge in [-0.05, 0) is 45.6 Å². The van der Waals surface area contributed by atoms with Gasteiger partial charge in [-0.2, -0.15) is 0 Å². The number of nitrogens with two attached hydrogens (primary N) is 1. The van der Waals surface area contributed by atoms with Crippen LogP contribution in [0.25, 0.3) is 0 Å². The second-order valence-electron chi connectivity index (χ2n) is 9.90. The SMILES string of the molecule is CCCCCN(C(=O)C(CCC(N)=O)NC(=O)OC(C)(C)C)C(C(=O)NCCCC)c1ccccc1. The second kappa shape index (κ2) is 15.8. The van der Waals surface area contributed by atoms with Gasteiger partial charge in [0.15, 0.2) is 0 Å². The van der Waals surface area contributed by atoms with Gasteiger partial charge >= 0.3 is 6.09 Å². The first-order valence-corrected chi connectivity index (χ1v) is 12.9. The highest BCUT2D eigenvalue weighted by molar-refractivity contribution is 5.92. The molecule has 202 valence electrons. The summed E-state index contributed by atoms with van der Waals surface area (Å²) in [6.07, 6.45) is 3.34. The van der Waals surface area contributed by atoms with Gasteiger partial charge in [0.25, 0.3) is 0 Å². The molecule has 1 aromatic carbocycles. The lowest BCUT2D eigenvalue weighted by Gasteiger charge is -2.34. The summed E-state index contributed by atoms with van der Waals surface area (Å²) < 4.78 is 5.35. The van der Waals surface area contributed by atoms with Crippen molar-refractivity contribution >= 4 is 23.8 Å². The van der Waals surface area contributed by atoms with Gasteiger partial charge in [0, 0.05) is 19.5 Å². The van der Waals surface area contributed by atoms with Crippen molar-refractivity contribution < 1.29 is 23.9 Å². The van der Waals surface area contributed by atoms with Crippen molar-refractivity contribution in [3.05, 3.63) is 35.9 Å². The molecular formula is C27H44N4O5. The van der Waals surface area contributed by atoms with Crippen LogP contribution in [0, 0.1) is 0 Å². The molecule has 0 spiro atoms. The standard InChI is InChI=1S/C27H44N4O5/c1-6-8-13-19-31(23(20-14-11-10-12-15-20)24(33)29-18-9-7-2)25(34)21(16-17-22(28)32)30-26(35)36-27(3,4)5/h10-12,14-15,21,23H,6-9,13,16-19H2,1-5H3,(H2,28,32)(H,29,33)(H,30,35). The highest BCUT2D eigenvalue weighted by atomic mass is 16.6. The number of hydrogen-bond acceptors (Lipinski definition) is 5.